The molecule has 4 nitrogen and oxygen atoms in total. The van der Waals surface area contributed by atoms with E-state index >= 15 is 0 Å². The van der Waals surface area contributed by atoms with Crippen LogP contribution in [0, 0.1) is 11.3 Å². The van der Waals surface area contributed by atoms with Crippen molar-refractivity contribution in [3.63, 3.8) is 0 Å². The normalized spacial score (nSPS) is 10.8. The molecular formula is C14H16N2O2. The molecule has 0 unspecified atom stereocenters. The first-order valence-corrected chi connectivity index (χ1v) is 5.82. The molecule has 1 rings (SSSR count). The van der Waals surface area contributed by atoms with Crippen LogP contribution in [0.25, 0.3) is 5.57 Å². The molecule has 4 heteroatoms. The number of nitrogens with zero attached hydrogens (tertiary/aromatic N) is 2. The van der Waals surface area contributed by atoms with Gasteiger partial charge < -0.3 is 10.0 Å². The molecule has 0 heterocycles. The van der Waals surface area contributed by atoms with Gasteiger partial charge in [0.25, 0.3) is 0 Å². The van der Waals surface area contributed by atoms with E-state index in [9.17, 15) is 4.79 Å². The second-order valence-corrected chi connectivity index (χ2v) is 3.73. The first-order chi connectivity index (χ1) is 8.62. The van der Waals surface area contributed by atoms with Crippen LogP contribution in [0.5, 0.6) is 0 Å². The number of carboxylic acid groups (broad SMARTS) is 1. The molecule has 18 heavy (non-hydrogen) atoms. The third-order valence-electron chi connectivity index (χ3n) is 2.70. The van der Waals surface area contributed by atoms with Gasteiger partial charge in [0.05, 0.1) is 5.57 Å². The number of aliphatic carboxylic acids is 1. The molecule has 94 valence electrons. The van der Waals surface area contributed by atoms with Crippen LogP contribution in [0.3, 0.4) is 0 Å². The first-order valence-electron chi connectivity index (χ1n) is 5.82. The van der Waals surface area contributed by atoms with Crippen molar-refractivity contribution in [3.8, 4) is 6.07 Å². The van der Waals surface area contributed by atoms with Crippen LogP contribution in [0.2, 0.25) is 0 Å². The minimum atomic E-state index is -1.11. The Morgan fingerprint density at radius 3 is 2.28 bits per heavy atom. The number of rotatable bonds is 5. The van der Waals surface area contributed by atoms with E-state index < -0.39 is 5.97 Å². The highest BCUT2D eigenvalue weighted by molar-refractivity contribution is 5.94. The van der Waals surface area contributed by atoms with Gasteiger partial charge in [0.15, 0.2) is 0 Å². The monoisotopic (exact) mass is 244 g/mol. The Hall–Kier alpha value is -2.28. The maximum absolute atomic E-state index is 10.6. The smallest absolute Gasteiger partial charge is 0.329 e. The topological polar surface area (TPSA) is 64.3 Å². The summed E-state index contributed by atoms with van der Waals surface area (Å²) >= 11 is 0. The third kappa shape index (κ3) is 3.36. The fraction of sp³-hybridized carbons (Fsp3) is 0.286. The highest BCUT2D eigenvalue weighted by Gasteiger charge is 2.05. The van der Waals surface area contributed by atoms with E-state index in [1.165, 1.54) is 0 Å². The summed E-state index contributed by atoms with van der Waals surface area (Å²) in [4.78, 5) is 12.8. The molecule has 0 atom stereocenters. The molecule has 0 saturated heterocycles. The Morgan fingerprint density at radius 2 is 1.89 bits per heavy atom. The van der Waals surface area contributed by atoms with Crippen LogP contribution in [-0.2, 0) is 4.79 Å². The largest absolute Gasteiger partial charge is 0.478 e. The molecular weight excluding hydrogens is 228 g/mol. The summed E-state index contributed by atoms with van der Waals surface area (Å²) in [7, 11) is 0. The van der Waals surface area contributed by atoms with Gasteiger partial charge in [0.1, 0.15) is 6.07 Å². The van der Waals surface area contributed by atoms with Crippen molar-refractivity contribution in [2.75, 3.05) is 18.0 Å². The number of hydrogen-bond donors (Lipinski definition) is 1. The van der Waals surface area contributed by atoms with Crippen molar-refractivity contribution in [2.24, 2.45) is 0 Å². The molecule has 0 fully saturated rings. The summed E-state index contributed by atoms with van der Waals surface area (Å²) in [5.74, 6) is -1.11. The van der Waals surface area contributed by atoms with Gasteiger partial charge in [-0.2, -0.15) is 5.26 Å². The van der Waals surface area contributed by atoms with Gasteiger partial charge in [-0.05, 0) is 31.5 Å². The van der Waals surface area contributed by atoms with Gasteiger partial charge in [-0.3, -0.25) is 0 Å². The van der Waals surface area contributed by atoms with E-state index in [-0.39, 0.29) is 5.57 Å². The summed E-state index contributed by atoms with van der Waals surface area (Å²) in [6.45, 7) is 5.96. The average Bonchev–Trinajstić information content (AvgIpc) is 2.38. The standard InChI is InChI=1S/C14H16N2O2/c1-3-16(4-2)13-7-5-11(6-8-13)12(10-15)9-14(17)18/h5-9H,3-4H2,1-2H3,(H,17,18). The summed E-state index contributed by atoms with van der Waals surface area (Å²) in [6, 6.07) is 9.23. The van der Waals surface area contributed by atoms with Crippen molar-refractivity contribution in [3.05, 3.63) is 35.9 Å². The van der Waals surface area contributed by atoms with Crippen LogP contribution >= 0.6 is 0 Å². The molecule has 0 aliphatic carbocycles. The Labute approximate surface area is 107 Å². The first kappa shape index (κ1) is 13.8. The van der Waals surface area contributed by atoms with Crippen LogP contribution in [0.1, 0.15) is 19.4 Å². The fourth-order valence-corrected chi connectivity index (χ4v) is 1.74. The number of allylic oxidation sites excluding steroid dienone is 1. The summed E-state index contributed by atoms with van der Waals surface area (Å²) in [5, 5.41) is 17.6. The van der Waals surface area contributed by atoms with E-state index in [2.05, 4.69) is 18.7 Å². The minimum Gasteiger partial charge on any atom is -0.478 e. The molecule has 0 amide bonds. The Balaban J connectivity index is 3.02. The molecule has 1 aromatic rings. The van der Waals surface area contributed by atoms with Gasteiger partial charge >= 0.3 is 5.97 Å². The lowest BCUT2D eigenvalue weighted by atomic mass is 10.1. The zero-order chi connectivity index (χ0) is 13.5. The van der Waals surface area contributed by atoms with E-state index in [4.69, 9.17) is 10.4 Å². The number of nitriles is 1. The lowest BCUT2D eigenvalue weighted by Gasteiger charge is -2.21. The predicted octanol–water partition coefficient (Wildman–Crippen LogP) is 2.52. The Kier molecular flexibility index (Phi) is 4.94. The maximum Gasteiger partial charge on any atom is 0.329 e. The molecule has 1 N–H and O–H groups in total. The van der Waals surface area contributed by atoms with Crippen LogP contribution in [0.4, 0.5) is 5.69 Å². The molecule has 0 bridgehead atoms. The number of carbonyl (C=O) groups is 1. The van der Waals surface area contributed by atoms with E-state index in [0.717, 1.165) is 24.9 Å². The van der Waals surface area contributed by atoms with Crippen molar-refractivity contribution in [1.82, 2.24) is 0 Å². The number of benzene rings is 1. The van der Waals surface area contributed by atoms with E-state index in [0.29, 0.717) is 5.56 Å². The lowest BCUT2D eigenvalue weighted by molar-refractivity contribution is -0.131. The van der Waals surface area contributed by atoms with Gasteiger partial charge in [0, 0.05) is 24.9 Å². The third-order valence-corrected chi connectivity index (χ3v) is 2.70. The fourth-order valence-electron chi connectivity index (χ4n) is 1.74. The summed E-state index contributed by atoms with van der Waals surface area (Å²) in [6.07, 6.45) is 0.923. The van der Waals surface area contributed by atoms with Crippen molar-refractivity contribution in [2.45, 2.75) is 13.8 Å². The average molecular weight is 244 g/mol. The van der Waals surface area contributed by atoms with E-state index in [1.807, 2.05) is 18.2 Å². The molecule has 1 aromatic carbocycles. The highest BCUT2D eigenvalue weighted by Crippen LogP contribution is 2.19. The number of anilines is 1. The maximum atomic E-state index is 10.6. The van der Waals surface area contributed by atoms with Crippen molar-refractivity contribution >= 4 is 17.2 Å². The second kappa shape index (κ2) is 6.45. The van der Waals surface area contributed by atoms with Crippen LogP contribution in [-0.4, -0.2) is 24.2 Å². The van der Waals surface area contributed by atoms with Gasteiger partial charge in [-0.1, -0.05) is 12.1 Å². The lowest BCUT2D eigenvalue weighted by Crippen LogP contribution is -2.21. The summed E-state index contributed by atoms with van der Waals surface area (Å²) < 4.78 is 0. The number of carboxylic acids is 1. The SMILES string of the molecule is CCN(CC)c1ccc(C(C#N)=CC(=O)O)cc1. The van der Waals surface area contributed by atoms with Crippen LogP contribution in [0.15, 0.2) is 30.3 Å². The van der Waals surface area contributed by atoms with Gasteiger partial charge in [-0.15, -0.1) is 0 Å². The molecule has 0 aromatic heterocycles. The molecule has 0 aliphatic heterocycles. The van der Waals surface area contributed by atoms with Crippen LogP contribution < -0.4 is 4.90 Å². The summed E-state index contributed by atoms with van der Waals surface area (Å²) in [5.41, 5.74) is 1.85. The van der Waals surface area contributed by atoms with Gasteiger partial charge in [-0.25, -0.2) is 4.79 Å². The molecule has 0 spiro atoms. The van der Waals surface area contributed by atoms with Gasteiger partial charge in [0.2, 0.25) is 0 Å². The highest BCUT2D eigenvalue weighted by atomic mass is 16.4. The molecule has 0 saturated carbocycles. The predicted molar refractivity (Wildman–Crippen MR) is 71.2 cm³/mol. The molecule has 0 radical (unpaired) electrons. The second-order valence-electron chi connectivity index (χ2n) is 3.73. The van der Waals surface area contributed by atoms with Crippen molar-refractivity contribution in [1.29, 1.82) is 5.26 Å². The quantitative estimate of drug-likeness (QED) is 0.638. The Bertz CT molecular complexity index is 480. The zero-order valence-electron chi connectivity index (χ0n) is 10.6. The minimum absolute atomic E-state index is 0.161. The van der Waals surface area contributed by atoms with Crippen molar-refractivity contribution < 1.29 is 9.90 Å². The molecule has 0 aliphatic rings. The Morgan fingerprint density at radius 1 is 1.33 bits per heavy atom. The number of hydrogen-bond acceptors (Lipinski definition) is 3. The van der Waals surface area contributed by atoms with E-state index in [1.54, 1.807) is 12.1 Å². The zero-order valence-corrected chi connectivity index (χ0v) is 10.6.